The van der Waals surface area contributed by atoms with Crippen LogP contribution in [0.3, 0.4) is 0 Å². The van der Waals surface area contributed by atoms with E-state index in [-0.39, 0.29) is 0 Å². The van der Waals surface area contributed by atoms with E-state index in [1.54, 1.807) is 0 Å². The molecule has 108 valence electrons. The molecule has 1 saturated heterocycles. The third-order valence-electron chi connectivity index (χ3n) is 3.76. The van der Waals surface area contributed by atoms with Crippen molar-refractivity contribution in [2.45, 2.75) is 19.9 Å². The maximum absolute atomic E-state index is 4.46. The zero-order chi connectivity index (χ0) is 13.5. The van der Waals surface area contributed by atoms with Gasteiger partial charge in [0.25, 0.3) is 0 Å². The number of hydrogen-bond acceptors (Lipinski definition) is 4. The van der Waals surface area contributed by atoms with Gasteiger partial charge < -0.3 is 14.8 Å². The summed E-state index contributed by atoms with van der Waals surface area (Å²) >= 11 is 0. The van der Waals surface area contributed by atoms with Crippen molar-refractivity contribution in [3.05, 3.63) is 18.2 Å². The molecular weight excluding hydrogens is 238 g/mol. The van der Waals surface area contributed by atoms with Gasteiger partial charge in [-0.3, -0.25) is 4.90 Å². The van der Waals surface area contributed by atoms with Gasteiger partial charge in [-0.05, 0) is 13.6 Å². The quantitative estimate of drug-likeness (QED) is 0.719. The Labute approximate surface area is 116 Å². The van der Waals surface area contributed by atoms with Crippen LogP contribution in [0.2, 0.25) is 0 Å². The lowest BCUT2D eigenvalue weighted by atomic mass is 10.3. The molecular formula is C14H27N5. The molecule has 0 atom stereocenters. The average Bonchev–Trinajstić information content (AvgIpc) is 2.86. The molecule has 0 saturated carbocycles. The lowest BCUT2D eigenvalue weighted by Gasteiger charge is -2.32. The molecule has 5 nitrogen and oxygen atoms in total. The molecule has 1 aliphatic heterocycles. The molecule has 0 unspecified atom stereocenters. The van der Waals surface area contributed by atoms with Crippen LogP contribution in [0.1, 0.15) is 12.6 Å². The van der Waals surface area contributed by atoms with Crippen LogP contribution in [0.15, 0.2) is 12.5 Å². The van der Waals surface area contributed by atoms with E-state index in [0.717, 1.165) is 32.6 Å². The van der Waals surface area contributed by atoms with E-state index < -0.39 is 0 Å². The van der Waals surface area contributed by atoms with Crippen molar-refractivity contribution in [3.8, 4) is 0 Å². The molecule has 1 aromatic rings. The second-order valence-corrected chi connectivity index (χ2v) is 5.35. The van der Waals surface area contributed by atoms with E-state index >= 15 is 0 Å². The van der Waals surface area contributed by atoms with Gasteiger partial charge in [-0.25, -0.2) is 4.98 Å². The van der Waals surface area contributed by atoms with E-state index in [4.69, 9.17) is 0 Å². The topological polar surface area (TPSA) is 36.3 Å². The van der Waals surface area contributed by atoms with Gasteiger partial charge in [-0.15, -0.1) is 0 Å². The number of rotatable bonds is 7. The van der Waals surface area contributed by atoms with Gasteiger partial charge >= 0.3 is 0 Å². The first kappa shape index (κ1) is 14.5. The Morgan fingerprint density at radius 2 is 2.00 bits per heavy atom. The summed E-state index contributed by atoms with van der Waals surface area (Å²) in [5.74, 6) is 0. The van der Waals surface area contributed by atoms with Crippen molar-refractivity contribution in [3.63, 3.8) is 0 Å². The lowest BCUT2D eigenvalue weighted by molar-refractivity contribution is 0.150. The standard InChI is InChI=1S/C14H27N5/c1-3-15-5-4-14-12-19(13-16-14)11-10-18-8-6-17(2)7-9-18/h12-13,15H,3-11H2,1-2H3. The molecule has 0 radical (unpaired) electrons. The fraction of sp³-hybridized carbons (Fsp3) is 0.786. The predicted molar refractivity (Wildman–Crippen MR) is 78.4 cm³/mol. The number of imidazole rings is 1. The van der Waals surface area contributed by atoms with E-state index in [9.17, 15) is 0 Å². The molecule has 1 aliphatic rings. The van der Waals surface area contributed by atoms with Crippen LogP contribution < -0.4 is 5.32 Å². The molecule has 0 spiro atoms. The van der Waals surface area contributed by atoms with Gasteiger partial charge in [0.15, 0.2) is 0 Å². The van der Waals surface area contributed by atoms with E-state index in [1.165, 1.54) is 31.9 Å². The summed E-state index contributed by atoms with van der Waals surface area (Å²) in [5.41, 5.74) is 1.19. The minimum Gasteiger partial charge on any atom is -0.336 e. The minimum atomic E-state index is 1.02. The highest BCUT2D eigenvalue weighted by atomic mass is 15.3. The molecule has 0 aromatic carbocycles. The number of aromatic nitrogens is 2. The second-order valence-electron chi connectivity index (χ2n) is 5.35. The number of nitrogens with zero attached hydrogens (tertiary/aromatic N) is 4. The number of hydrogen-bond donors (Lipinski definition) is 1. The zero-order valence-corrected chi connectivity index (χ0v) is 12.3. The smallest absolute Gasteiger partial charge is 0.0949 e. The average molecular weight is 265 g/mol. The van der Waals surface area contributed by atoms with Crippen LogP contribution in [-0.4, -0.2) is 72.2 Å². The molecule has 0 bridgehead atoms. The van der Waals surface area contributed by atoms with Crippen LogP contribution >= 0.6 is 0 Å². The Morgan fingerprint density at radius 1 is 1.21 bits per heavy atom. The second kappa shape index (κ2) is 7.62. The van der Waals surface area contributed by atoms with Crippen molar-refractivity contribution < 1.29 is 0 Å². The molecule has 1 N–H and O–H groups in total. The van der Waals surface area contributed by atoms with E-state index in [2.05, 4.69) is 44.8 Å². The summed E-state index contributed by atoms with van der Waals surface area (Å²) in [5, 5.41) is 3.33. The zero-order valence-electron chi connectivity index (χ0n) is 12.3. The van der Waals surface area contributed by atoms with Gasteiger partial charge in [-0.1, -0.05) is 6.92 Å². The maximum atomic E-state index is 4.46. The van der Waals surface area contributed by atoms with Gasteiger partial charge in [0, 0.05) is 58.4 Å². The van der Waals surface area contributed by atoms with Gasteiger partial charge in [0.1, 0.15) is 0 Å². The van der Waals surface area contributed by atoms with Crippen molar-refractivity contribution in [1.29, 1.82) is 0 Å². The molecule has 1 fully saturated rings. The first-order chi connectivity index (χ1) is 9.28. The normalized spacial score (nSPS) is 18.0. The molecule has 5 heteroatoms. The Hall–Kier alpha value is -0.910. The van der Waals surface area contributed by atoms with Gasteiger partial charge in [0.05, 0.1) is 12.0 Å². The van der Waals surface area contributed by atoms with Crippen LogP contribution in [0.5, 0.6) is 0 Å². The Morgan fingerprint density at radius 3 is 2.74 bits per heavy atom. The Kier molecular flexibility index (Phi) is 5.82. The molecule has 19 heavy (non-hydrogen) atoms. The van der Waals surface area contributed by atoms with Crippen LogP contribution in [0.4, 0.5) is 0 Å². The molecule has 0 aliphatic carbocycles. The molecule has 0 amide bonds. The Bertz CT molecular complexity index is 354. The third-order valence-corrected chi connectivity index (χ3v) is 3.76. The van der Waals surface area contributed by atoms with Crippen LogP contribution in [-0.2, 0) is 13.0 Å². The van der Waals surface area contributed by atoms with Crippen molar-refractivity contribution in [1.82, 2.24) is 24.7 Å². The lowest BCUT2D eigenvalue weighted by Crippen LogP contribution is -2.45. The number of piperazine rings is 1. The minimum absolute atomic E-state index is 1.02. The summed E-state index contributed by atoms with van der Waals surface area (Å²) in [6.45, 7) is 11.1. The summed E-state index contributed by atoms with van der Waals surface area (Å²) in [7, 11) is 2.20. The van der Waals surface area contributed by atoms with E-state index in [0.29, 0.717) is 0 Å². The van der Waals surface area contributed by atoms with Crippen LogP contribution in [0, 0.1) is 0 Å². The SMILES string of the molecule is CCNCCc1cn(CCN2CCN(C)CC2)cn1. The van der Waals surface area contributed by atoms with Gasteiger partial charge in [-0.2, -0.15) is 0 Å². The highest BCUT2D eigenvalue weighted by Gasteiger charge is 2.13. The highest BCUT2D eigenvalue weighted by molar-refractivity contribution is 4.97. The summed E-state index contributed by atoms with van der Waals surface area (Å²) in [4.78, 5) is 9.40. The van der Waals surface area contributed by atoms with E-state index in [1.807, 2.05) is 6.33 Å². The third kappa shape index (κ3) is 4.93. The largest absolute Gasteiger partial charge is 0.336 e. The maximum Gasteiger partial charge on any atom is 0.0949 e. The number of nitrogens with one attached hydrogen (secondary N) is 1. The fourth-order valence-corrected chi connectivity index (χ4v) is 2.38. The summed E-state index contributed by atoms with van der Waals surface area (Å²) in [6.07, 6.45) is 5.18. The molecule has 2 heterocycles. The first-order valence-electron chi connectivity index (χ1n) is 7.40. The fourth-order valence-electron chi connectivity index (χ4n) is 2.38. The first-order valence-corrected chi connectivity index (χ1v) is 7.40. The summed E-state index contributed by atoms with van der Waals surface area (Å²) in [6, 6.07) is 0. The van der Waals surface area contributed by atoms with Crippen molar-refractivity contribution in [2.75, 3.05) is 52.9 Å². The Balaban J connectivity index is 1.68. The predicted octanol–water partition coefficient (Wildman–Crippen LogP) is 0.283. The van der Waals surface area contributed by atoms with Gasteiger partial charge in [0.2, 0.25) is 0 Å². The summed E-state index contributed by atoms with van der Waals surface area (Å²) < 4.78 is 2.22. The number of likely N-dealkylation sites (N-methyl/N-ethyl adjacent to an activating group) is 2. The van der Waals surface area contributed by atoms with Crippen molar-refractivity contribution >= 4 is 0 Å². The monoisotopic (exact) mass is 265 g/mol. The van der Waals surface area contributed by atoms with Crippen molar-refractivity contribution in [2.24, 2.45) is 0 Å². The molecule has 2 rings (SSSR count). The highest BCUT2D eigenvalue weighted by Crippen LogP contribution is 2.01. The van der Waals surface area contributed by atoms with Crippen LogP contribution in [0.25, 0.3) is 0 Å². The molecule has 1 aromatic heterocycles.